The molecule has 164 valence electrons. The maximum atomic E-state index is 13.0. The fourth-order valence-electron chi connectivity index (χ4n) is 3.42. The van der Waals surface area contributed by atoms with E-state index in [2.05, 4.69) is 14.6 Å². The second-order valence-electron chi connectivity index (χ2n) is 7.38. The van der Waals surface area contributed by atoms with Crippen molar-refractivity contribution in [2.24, 2.45) is 5.73 Å². The summed E-state index contributed by atoms with van der Waals surface area (Å²) in [7, 11) is -2.00. The number of aromatic nitrogens is 1. The number of hydrogen-bond donors (Lipinski definition) is 3. The largest absolute Gasteiger partial charge is 0.504 e. The number of carbonyl (C=O) groups excluding carboxylic acids is 1. The molecule has 4 N–H and O–H groups in total. The number of nitrogens with zero attached hydrogens (tertiary/aromatic N) is 2. The van der Waals surface area contributed by atoms with Crippen molar-refractivity contribution in [3.05, 3.63) is 42.3 Å². The number of furan rings is 1. The third-order valence-electron chi connectivity index (χ3n) is 5.13. The highest BCUT2D eigenvalue weighted by atomic mass is 32.2. The van der Waals surface area contributed by atoms with Gasteiger partial charge in [-0.3, -0.25) is 9.52 Å². The van der Waals surface area contributed by atoms with Gasteiger partial charge in [0.1, 0.15) is 17.4 Å². The van der Waals surface area contributed by atoms with Gasteiger partial charge in [-0.2, -0.15) is 0 Å². The van der Waals surface area contributed by atoms with E-state index in [-0.39, 0.29) is 33.5 Å². The van der Waals surface area contributed by atoms with Crippen molar-refractivity contribution in [3.8, 4) is 11.6 Å². The van der Waals surface area contributed by atoms with Crippen LogP contribution in [0.2, 0.25) is 0 Å². The van der Waals surface area contributed by atoms with E-state index in [1.54, 1.807) is 12.1 Å². The van der Waals surface area contributed by atoms with E-state index >= 15 is 0 Å². The van der Waals surface area contributed by atoms with Gasteiger partial charge in [0.2, 0.25) is 11.6 Å². The molecule has 0 unspecified atom stereocenters. The number of amides is 1. The van der Waals surface area contributed by atoms with Crippen molar-refractivity contribution in [1.29, 1.82) is 0 Å². The van der Waals surface area contributed by atoms with Gasteiger partial charge in [-0.25, -0.2) is 13.4 Å². The second kappa shape index (κ2) is 8.08. The first-order valence-electron chi connectivity index (χ1n) is 9.63. The zero-order valence-electron chi connectivity index (χ0n) is 16.7. The summed E-state index contributed by atoms with van der Waals surface area (Å²) in [5.41, 5.74) is 5.39. The molecular formula is C20H22N4O6S. The van der Waals surface area contributed by atoms with E-state index in [0.717, 1.165) is 25.9 Å². The minimum Gasteiger partial charge on any atom is -0.504 e. The number of pyridine rings is 1. The standard InChI is InChI=1S/C20H22N4O6S/c1-24-9-6-12(7-10-24)29-20-15(3-2-8-22-20)23-31(27,28)13-4-5-14-16(11-13)30-18(17(14)25)19(21)26/h2-5,8,11-12,23,25H,6-7,9-10H2,1H3,(H2,21,26). The van der Waals surface area contributed by atoms with Crippen LogP contribution in [0.15, 0.2) is 45.8 Å². The third kappa shape index (κ3) is 4.28. The van der Waals surface area contributed by atoms with Crippen molar-refractivity contribution < 1.29 is 27.5 Å². The van der Waals surface area contributed by atoms with Crippen molar-refractivity contribution >= 4 is 32.6 Å². The molecule has 0 radical (unpaired) electrons. The van der Waals surface area contributed by atoms with E-state index in [4.69, 9.17) is 14.9 Å². The van der Waals surface area contributed by atoms with Crippen LogP contribution in [0.4, 0.5) is 5.69 Å². The number of likely N-dealkylation sites (tertiary alicyclic amines) is 1. The van der Waals surface area contributed by atoms with Crippen molar-refractivity contribution in [2.45, 2.75) is 23.8 Å². The highest BCUT2D eigenvalue weighted by molar-refractivity contribution is 7.92. The highest BCUT2D eigenvalue weighted by Gasteiger charge is 2.24. The Labute approximate surface area is 178 Å². The van der Waals surface area contributed by atoms with Crippen LogP contribution in [0, 0.1) is 0 Å². The Kier molecular flexibility index (Phi) is 5.46. The van der Waals surface area contributed by atoms with E-state index in [0.29, 0.717) is 0 Å². The molecule has 4 rings (SSSR count). The van der Waals surface area contributed by atoms with Gasteiger partial charge in [0.05, 0.1) is 10.3 Å². The number of piperidine rings is 1. The molecule has 0 aliphatic carbocycles. The molecule has 0 bridgehead atoms. The number of benzene rings is 1. The monoisotopic (exact) mass is 446 g/mol. The number of fused-ring (bicyclic) bond motifs is 1. The Morgan fingerprint density at radius 1 is 1.32 bits per heavy atom. The summed E-state index contributed by atoms with van der Waals surface area (Å²) in [6, 6.07) is 7.01. The zero-order valence-corrected chi connectivity index (χ0v) is 17.6. The molecular weight excluding hydrogens is 424 g/mol. The molecule has 31 heavy (non-hydrogen) atoms. The second-order valence-corrected chi connectivity index (χ2v) is 9.07. The maximum Gasteiger partial charge on any atom is 0.288 e. The topological polar surface area (TPSA) is 148 Å². The van der Waals surface area contributed by atoms with Gasteiger partial charge in [-0.15, -0.1) is 0 Å². The van der Waals surface area contributed by atoms with Gasteiger partial charge >= 0.3 is 0 Å². The summed E-state index contributed by atoms with van der Waals surface area (Å²) in [5.74, 6) is -1.62. The molecule has 3 aromatic rings. The number of ether oxygens (including phenoxy) is 1. The van der Waals surface area contributed by atoms with E-state index in [1.807, 2.05) is 7.05 Å². The molecule has 1 amide bonds. The third-order valence-corrected chi connectivity index (χ3v) is 6.49. The smallest absolute Gasteiger partial charge is 0.288 e. The number of hydrogen-bond acceptors (Lipinski definition) is 8. The summed E-state index contributed by atoms with van der Waals surface area (Å²) < 4.78 is 39.6. The van der Waals surface area contributed by atoms with Crippen LogP contribution in [0.1, 0.15) is 23.4 Å². The van der Waals surface area contributed by atoms with Gasteiger partial charge < -0.3 is 24.9 Å². The summed E-state index contributed by atoms with van der Waals surface area (Å²) in [4.78, 5) is 17.6. The van der Waals surface area contributed by atoms with Gasteiger partial charge in [-0.1, -0.05) is 0 Å². The summed E-state index contributed by atoms with van der Waals surface area (Å²) >= 11 is 0. The van der Waals surface area contributed by atoms with Crippen LogP contribution in [-0.4, -0.2) is 55.6 Å². The summed E-state index contributed by atoms with van der Waals surface area (Å²) in [5, 5.41) is 10.2. The van der Waals surface area contributed by atoms with Crippen molar-refractivity contribution in [1.82, 2.24) is 9.88 Å². The predicted molar refractivity (Wildman–Crippen MR) is 113 cm³/mol. The van der Waals surface area contributed by atoms with Crippen LogP contribution in [0.5, 0.6) is 11.6 Å². The molecule has 1 aromatic carbocycles. The number of nitrogens with one attached hydrogen (secondary N) is 1. The molecule has 2 aromatic heterocycles. The van der Waals surface area contributed by atoms with Gasteiger partial charge in [0.25, 0.3) is 15.9 Å². The first kappa shape index (κ1) is 20.9. The fraction of sp³-hybridized carbons (Fsp3) is 0.300. The molecule has 0 atom stereocenters. The molecule has 1 fully saturated rings. The Morgan fingerprint density at radius 3 is 2.77 bits per heavy atom. The quantitative estimate of drug-likeness (QED) is 0.520. The van der Waals surface area contributed by atoms with Crippen LogP contribution < -0.4 is 15.2 Å². The summed E-state index contributed by atoms with van der Waals surface area (Å²) in [6.07, 6.45) is 3.12. The lowest BCUT2D eigenvalue weighted by Crippen LogP contribution is -2.36. The summed E-state index contributed by atoms with van der Waals surface area (Å²) in [6.45, 7) is 1.78. The minimum absolute atomic E-state index is 0.0168. The van der Waals surface area contributed by atoms with Crippen LogP contribution in [-0.2, 0) is 10.0 Å². The number of anilines is 1. The molecule has 10 nitrogen and oxygen atoms in total. The lowest BCUT2D eigenvalue weighted by molar-refractivity contribution is 0.0972. The maximum absolute atomic E-state index is 13.0. The zero-order chi connectivity index (χ0) is 22.2. The Hall–Kier alpha value is -3.31. The van der Waals surface area contributed by atoms with E-state index in [9.17, 15) is 18.3 Å². The van der Waals surface area contributed by atoms with Crippen LogP contribution >= 0.6 is 0 Å². The molecule has 3 heterocycles. The average Bonchev–Trinajstić information content (AvgIpc) is 3.07. The Bertz CT molecular complexity index is 1230. The molecule has 0 spiro atoms. The predicted octanol–water partition coefficient (Wildman–Crippen LogP) is 1.91. The van der Waals surface area contributed by atoms with Gasteiger partial charge in [0, 0.05) is 25.4 Å². The molecule has 0 saturated carbocycles. The molecule has 1 aliphatic rings. The molecule has 1 aliphatic heterocycles. The number of rotatable bonds is 6. The fourth-order valence-corrected chi connectivity index (χ4v) is 4.50. The lowest BCUT2D eigenvalue weighted by atomic mass is 10.1. The number of aromatic hydroxyl groups is 1. The van der Waals surface area contributed by atoms with E-state index in [1.165, 1.54) is 24.4 Å². The first-order chi connectivity index (χ1) is 14.7. The van der Waals surface area contributed by atoms with E-state index < -0.39 is 27.4 Å². The normalized spacial score (nSPS) is 15.8. The SMILES string of the molecule is CN1CCC(Oc2ncccc2NS(=O)(=O)c2ccc3c(O)c(C(N)=O)oc3c2)CC1. The Balaban J connectivity index is 1.60. The van der Waals surface area contributed by atoms with Gasteiger partial charge in [0.15, 0.2) is 5.75 Å². The van der Waals surface area contributed by atoms with Crippen LogP contribution in [0.3, 0.4) is 0 Å². The minimum atomic E-state index is -4.04. The number of primary amides is 1. The molecule has 1 saturated heterocycles. The number of carbonyl (C=O) groups is 1. The first-order valence-corrected chi connectivity index (χ1v) is 11.1. The molecule has 11 heteroatoms. The number of sulfonamides is 1. The number of nitrogens with two attached hydrogens (primary N) is 1. The van der Waals surface area contributed by atoms with Crippen molar-refractivity contribution in [3.63, 3.8) is 0 Å². The average molecular weight is 446 g/mol. The van der Waals surface area contributed by atoms with Crippen LogP contribution in [0.25, 0.3) is 11.0 Å². The van der Waals surface area contributed by atoms with Gasteiger partial charge in [-0.05, 0) is 44.2 Å². The van der Waals surface area contributed by atoms with Crippen molar-refractivity contribution in [2.75, 3.05) is 24.9 Å². The Morgan fingerprint density at radius 2 is 2.06 bits per heavy atom. The highest BCUT2D eigenvalue weighted by Crippen LogP contribution is 2.34. The lowest BCUT2D eigenvalue weighted by Gasteiger charge is -2.29.